The van der Waals surface area contributed by atoms with Gasteiger partial charge in [0.1, 0.15) is 11.6 Å². The number of carbonyl (C=O) groups is 2. The Morgan fingerprint density at radius 2 is 2.00 bits per heavy atom. The fourth-order valence-electron chi connectivity index (χ4n) is 2.65. The largest absolute Gasteiger partial charge is 0.465 e. The maximum absolute atomic E-state index is 13.9. The molecule has 0 saturated carbocycles. The van der Waals surface area contributed by atoms with E-state index in [-0.39, 0.29) is 18.1 Å². The van der Waals surface area contributed by atoms with E-state index in [1.807, 2.05) is 24.3 Å². The Kier molecular flexibility index (Phi) is 5.41. The average molecular weight is 378 g/mol. The first-order valence-corrected chi connectivity index (χ1v) is 8.83. The van der Waals surface area contributed by atoms with Crippen LogP contribution in [0.4, 0.5) is 20.2 Å². The molecule has 0 aliphatic carbocycles. The minimum atomic E-state index is -1.02. The van der Waals surface area contributed by atoms with E-state index in [4.69, 9.17) is 0 Å². The number of rotatable bonds is 4. The fraction of sp³-hybridized carbons (Fsp3) is 0.222. The van der Waals surface area contributed by atoms with Crippen molar-refractivity contribution >= 4 is 35.0 Å². The third-order valence-electron chi connectivity index (χ3n) is 3.92. The standard InChI is InChI=1S/C18H16F2N2O3S/c1-25-18(24)11-8-14(13(20)9-12(11)19)21-10-17(23)22-6-7-26-16-5-3-2-4-15(16)22/h2-5,8-9,21H,6-7,10H2,1H3. The Bertz CT molecular complexity index is 860. The normalized spacial score (nSPS) is 13.1. The number of para-hydroxylation sites is 1. The molecule has 5 nitrogen and oxygen atoms in total. The number of hydrogen-bond donors (Lipinski definition) is 1. The molecule has 3 rings (SSSR count). The Morgan fingerprint density at radius 3 is 2.77 bits per heavy atom. The van der Waals surface area contributed by atoms with Crippen LogP contribution in [0.25, 0.3) is 0 Å². The van der Waals surface area contributed by atoms with Crippen LogP contribution in [0.5, 0.6) is 0 Å². The number of methoxy groups -OCH3 is 1. The molecule has 0 spiro atoms. The number of amides is 1. The summed E-state index contributed by atoms with van der Waals surface area (Å²) in [6, 6.07) is 9.14. The molecule has 0 atom stereocenters. The summed E-state index contributed by atoms with van der Waals surface area (Å²) < 4.78 is 32.1. The monoisotopic (exact) mass is 378 g/mol. The number of anilines is 2. The van der Waals surface area contributed by atoms with Crippen LogP contribution in [-0.2, 0) is 9.53 Å². The fourth-order valence-corrected chi connectivity index (χ4v) is 3.64. The van der Waals surface area contributed by atoms with Crippen LogP contribution in [0.1, 0.15) is 10.4 Å². The molecule has 1 amide bonds. The van der Waals surface area contributed by atoms with Crippen LogP contribution in [-0.4, -0.2) is 37.8 Å². The van der Waals surface area contributed by atoms with Crippen LogP contribution in [0.2, 0.25) is 0 Å². The number of fused-ring (bicyclic) bond motifs is 1. The molecule has 0 saturated heterocycles. The van der Waals surface area contributed by atoms with Crippen molar-refractivity contribution in [1.82, 2.24) is 0 Å². The van der Waals surface area contributed by atoms with Crippen LogP contribution in [0, 0.1) is 11.6 Å². The molecular weight excluding hydrogens is 362 g/mol. The van der Waals surface area contributed by atoms with Crippen molar-refractivity contribution in [1.29, 1.82) is 0 Å². The van der Waals surface area contributed by atoms with Crippen molar-refractivity contribution in [3.8, 4) is 0 Å². The van der Waals surface area contributed by atoms with Gasteiger partial charge in [0.2, 0.25) is 5.91 Å². The van der Waals surface area contributed by atoms with Crippen LogP contribution < -0.4 is 10.2 Å². The lowest BCUT2D eigenvalue weighted by molar-refractivity contribution is -0.117. The Morgan fingerprint density at radius 1 is 1.23 bits per heavy atom. The van der Waals surface area contributed by atoms with Gasteiger partial charge in [-0.2, -0.15) is 0 Å². The maximum Gasteiger partial charge on any atom is 0.340 e. The zero-order valence-electron chi connectivity index (χ0n) is 13.9. The van der Waals surface area contributed by atoms with Gasteiger partial charge < -0.3 is 15.0 Å². The Labute approximate surface area is 153 Å². The highest BCUT2D eigenvalue weighted by Crippen LogP contribution is 2.34. The molecule has 26 heavy (non-hydrogen) atoms. The molecule has 1 aliphatic heterocycles. The van der Waals surface area contributed by atoms with Gasteiger partial charge in [0.25, 0.3) is 0 Å². The number of nitrogens with one attached hydrogen (secondary N) is 1. The molecule has 1 aliphatic rings. The summed E-state index contributed by atoms with van der Waals surface area (Å²) >= 11 is 1.67. The van der Waals surface area contributed by atoms with E-state index in [1.165, 1.54) is 0 Å². The van der Waals surface area contributed by atoms with E-state index in [9.17, 15) is 18.4 Å². The number of esters is 1. The molecule has 0 unspecified atom stereocenters. The third kappa shape index (κ3) is 3.65. The first kappa shape index (κ1) is 18.2. The molecule has 0 aromatic heterocycles. The number of nitrogens with zero attached hydrogens (tertiary/aromatic N) is 1. The number of benzene rings is 2. The number of hydrogen-bond acceptors (Lipinski definition) is 5. The van der Waals surface area contributed by atoms with E-state index in [1.54, 1.807) is 16.7 Å². The summed E-state index contributed by atoms with van der Waals surface area (Å²) in [6.07, 6.45) is 0. The van der Waals surface area contributed by atoms with Crippen molar-refractivity contribution in [3.63, 3.8) is 0 Å². The van der Waals surface area contributed by atoms with Crippen molar-refractivity contribution in [2.24, 2.45) is 0 Å². The van der Waals surface area contributed by atoms with Crippen molar-refractivity contribution in [2.45, 2.75) is 4.90 Å². The molecule has 0 bridgehead atoms. The zero-order valence-corrected chi connectivity index (χ0v) is 14.7. The first-order valence-electron chi connectivity index (χ1n) is 7.84. The van der Waals surface area contributed by atoms with Gasteiger partial charge in [0.15, 0.2) is 0 Å². The molecule has 1 N–H and O–H groups in total. The summed E-state index contributed by atoms with van der Waals surface area (Å²) in [5, 5.41) is 2.64. The summed E-state index contributed by atoms with van der Waals surface area (Å²) in [5.74, 6) is -2.31. The molecule has 0 radical (unpaired) electrons. The summed E-state index contributed by atoms with van der Waals surface area (Å²) in [5.41, 5.74) is 0.272. The second kappa shape index (κ2) is 7.74. The quantitative estimate of drug-likeness (QED) is 0.828. The van der Waals surface area contributed by atoms with Gasteiger partial charge in [-0.05, 0) is 18.2 Å². The summed E-state index contributed by atoms with van der Waals surface area (Å²) in [7, 11) is 1.10. The number of thioether (sulfide) groups is 1. The molecule has 8 heteroatoms. The van der Waals surface area contributed by atoms with Gasteiger partial charge in [-0.1, -0.05) is 12.1 Å². The van der Waals surface area contributed by atoms with E-state index >= 15 is 0 Å². The van der Waals surface area contributed by atoms with Gasteiger partial charge in [-0.25, -0.2) is 13.6 Å². The van der Waals surface area contributed by atoms with Crippen LogP contribution in [0.15, 0.2) is 41.3 Å². The van der Waals surface area contributed by atoms with Crippen molar-refractivity contribution in [3.05, 3.63) is 53.6 Å². The topological polar surface area (TPSA) is 58.6 Å². The number of halogens is 2. The van der Waals surface area contributed by atoms with E-state index < -0.39 is 23.2 Å². The SMILES string of the molecule is COC(=O)c1cc(NCC(=O)N2CCSc3ccccc32)c(F)cc1F. The summed E-state index contributed by atoms with van der Waals surface area (Å²) in [4.78, 5) is 26.7. The predicted octanol–water partition coefficient (Wildman–Crippen LogP) is 3.30. The lowest BCUT2D eigenvalue weighted by atomic mass is 10.1. The van der Waals surface area contributed by atoms with Gasteiger partial charge in [0, 0.05) is 23.3 Å². The predicted molar refractivity (Wildman–Crippen MR) is 95.7 cm³/mol. The number of ether oxygens (including phenoxy) is 1. The highest BCUT2D eigenvalue weighted by Gasteiger charge is 2.23. The van der Waals surface area contributed by atoms with Gasteiger partial charge in [-0.15, -0.1) is 11.8 Å². The Hall–Kier alpha value is -2.61. The molecule has 2 aromatic carbocycles. The van der Waals surface area contributed by atoms with Gasteiger partial charge in [-0.3, -0.25) is 4.79 Å². The summed E-state index contributed by atoms with van der Waals surface area (Å²) in [6.45, 7) is 0.351. The highest BCUT2D eigenvalue weighted by molar-refractivity contribution is 7.99. The minimum Gasteiger partial charge on any atom is -0.465 e. The van der Waals surface area contributed by atoms with E-state index in [0.29, 0.717) is 12.6 Å². The second-order valence-electron chi connectivity index (χ2n) is 5.52. The van der Waals surface area contributed by atoms with E-state index in [2.05, 4.69) is 10.1 Å². The molecule has 2 aromatic rings. The minimum absolute atomic E-state index is 0.139. The van der Waals surface area contributed by atoms with Crippen molar-refractivity contribution < 1.29 is 23.1 Å². The first-order chi connectivity index (χ1) is 12.5. The van der Waals surface area contributed by atoms with E-state index in [0.717, 1.165) is 29.5 Å². The van der Waals surface area contributed by atoms with Crippen LogP contribution in [0.3, 0.4) is 0 Å². The number of carbonyl (C=O) groups excluding carboxylic acids is 2. The molecule has 1 heterocycles. The van der Waals surface area contributed by atoms with Crippen LogP contribution >= 0.6 is 11.8 Å². The highest BCUT2D eigenvalue weighted by atomic mass is 32.2. The second-order valence-corrected chi connectivity index (χ2v) is 6.66. The zero-order chi connectivity index (χ0) is 18.7. The molecule has 0 fully saturated rings. The third-order valence-corrected chi connectivity index (χ3v) is 4.96. The van der Waals surface area contributed by atoms with Crippen molar-refractivity contribution in [2.75, 3.05) is 36.2 Å². The molecular formula is C18H16F2N2O3S. The molecule has 136 valence electrons. The average Bonchev–Trinajstić information content (AvgIpc) is 2.66. The lowest BCUT2D eigenvalue weighted by Crippen LogP contribution is -2.39. The smallest absolute Gasteiger partial charge is 0.340 e. The lowest BCUT2D eigenvalue weighted by Gasteiger charge is -2.29. The van der Waals surface area contributed by atoms with Gasteiger partial charge >= 0.3 is 5.97 Å². The maximum atomic E-state index is 13.9. The Balaban J connectivity index is 1.76. The van der Waals surface area contributed by atoms with Gasteiger partial charge in [0.05, 0.1) is 30.6 Å².